The van der Waals surface area contributed by atoms with Gasteiger partial charge in [-0.25, -0.2) is 15.0 Å². The van der Waals surface area contributed by atoms with E-state index in [0.29, 0.717) is 6.04 Å². The van der Waals surface area contributed by atoms with Crippen LogP contribution in [0.3, 0.4) is 0 Å². The second-order valence-electron chi connectivity index (χ2n) is 8.40. The fourth-order valence-corrected chi connectivity index (χ4v) is 4.61. The van der Waals surface area contributed by atoms with Crippen molar-refractivity contribution in [2.24, 2.45) is 0 Å². The number of fused-ring (bicyclic) bond motifs is 1. The SMILES string of the molecule is C=C(Nc1cc2cc(-c3cnc(C)s3)ccc2cn1)c1ccnc(N2CC(N(C)C)C2)c1.CC.CC. The lowest BCUT2D eigenvalue weighted by atomic mass is 10.1. The first kappa shape index (κ1) is 27.3. The summed E-state index contributed by atoms with van der Waals surface area (Å²) in [5, 5.41) is 6.67. The zero-order chi connectivity index (χ0) is 26.2. The fraction of sp³-hybridized carbons (Fsp3) is 0.345. The van der Waals surface area contributed by atoms with Crippen molar-refractivity contribution in [1.82, 2.24) is 19.9 Å². The normalized spacial score (nSPS) is 12.8. The number of hydrogen-bond acceptors (Lipinski definition) is 7. The van der Waals surface area contributed by atoms with Crippen LogP contribution >= 0.6 is 11.3 Å². The quantitative estimate of drug-likeness (QED) is 0.308. The van der Waals surface area contributed by atoms with E-state index in [9.17, 15) is 0 Å². The van der Waals surface area contributed by atoms with Crippen LogP contribution in [0.15, 0.2) is 61.6 Å². The molecule has 0 spiro atoms. The Balaban J connectivity index is 0.000000861. The highest BCUT2D eigenvalue weighted by Gasteiger charge is 2.29. The van der Waals surface area contributed by atoms with E-state index >= 15 is 0 Å². The molecule has 4 aromatic rings. The maximum Gasteiger partial charge on any atom is 0.130 e. The van der Waals surface area contributed by atoms with E-state index in [2.05, 4.69) is 81.1 Å². The number of nitrogens with one attached hydrogen (secondary N) is 1. The second-order valence-corrected chi connectivity index (χ2v) is 9.64. The van der Waals surface area contributed by atoms with E-state index in [1.807, 2.05) is 59.3 Å². The second kappa shape index (κ2) is 12.6. The highest BCUT2D eigenvalue weighted by Crippen LogP contribution is 2.30. The van der Waals surface area contributed by atoms with Crippen molar-refractivity contribution in [2.45, 2.75) is 40.7 Å². The molecule has 4 heterocycles. The largest absolute Gasteiger partial charge is 0.353 e. The van der Waals surface area contributed by atoms with Crippen LogP contribution in [0.5, 0.6) is 0 Å². The monoisotopic (exact) mass is 502 g/mol. The summed E-state index contributed by atoms with van der Waals surface area (Å²) in [6, 6.07) is 13.1. The summed E-state index contributed by atoms with van der Waals surface area (Å²) in [5.41, 5.74) is 2.99. The van der Waals surface area contributed by atoms with Crippen LogP contribution < -0.4 is 10.2 Å². The molecule has 0 saturated carbocycles. The number of anilines is 2. The van der Waals surface area contributed by atoms with Gasteiger partial charge in [0.05, 0.1) is 9.88 Å². The number of hydrogen-bond donors (Lipinski definition) is 1. The Kier molecular flexibility index (Phi) is 9.56. The molecule has 3 aromatic heterocycles. The van der Waals surface area contributed by atoms with Gasteiger partial charge >= 0.3 is 0 Å². The van der Waals surface area contributed by atoms with Gasteiger partial charge in [-0.2, -0.15) is 0 Å². The average Bonchev–Trinajstić information content (AvgIpc) is 3.31. The summed E-state index contributed by atoms with van der Waals surface area (Å²) in [4.78, 5) is 19.2. The Labute approximate surface area is 219 Å². The van der Waals surface area contributed by atoms with Gasteiger partial charge in [-0.3, -0.25) is 0 Å². The van der Waals surface area contributed by atoms with Crippen LogP contribution in [0.4, 0.5) is 11.6 Å². The van der Waals surface area contributed by atoms with E-state index in [-0.39, 0.29) is 0 Å². The van der Waals surface area contributed by atoms with Crippen molar-refractivity contribution in [1.29, 1.82) is 0 Å². The third-order valence-corrected chi connectivity index (χ3v) is 6.88. The Bertz CT molecular complexity index is 1290. The molecule has 6 nitrogen and oxygen atoms in total. The van der Waals surface area contributed by atoms with Crippen molar-refractivity contribution in [2.75, 3.05) is 37.4 Å². The molecule has 1 N–H and O–H groups in total. The number of likely N-dealkylation sites (N-methyl/N-ethyl adjacent to an activating group) is 1. The molecule has 1 aliphatic heterocycles. The molecule has 1 saturated heterocycles. The number of thiazole rings is 1. The van der Waals surface area contributed by atoms with Crippen LogP contribution in [-0.4, -0.2) is 53.1 Å². The third-order valence-electron chi connectivity index (χ3n) is 5.92. The Morgan fingerprint density at radius 1 is 0.972 bits per heavy atom. The standard InChI is InChI=1S/C25H26N6S.2C2H6/c1-16(18-7-8-26-25(11-18)31-14-22(15-31)30(3)4)29-24-10-21-9-19(5-6-20(21)12-28-24)23-13-27-17(2)32-23;2*1-2/h5-13,22H,1,14-15H2,2-4H3,(H,28,29);2*1-2H3. The molecule has 0 atom stereocenters. The van der Waals surface area contributed by atoms with E-state index in [1.165, 1.54) is 10.4 Å². The van der Waals surface area contributed by atoms with Crippen molar-refractivity contribution in [3.8, 4) is 10.4 Å². The molecule has 1 fully saturated rings. The van der Waals surface area contributed by atoms with Gasteiger partial charge in [-0.15, -0.1) is 11.3 Å². The number of nitrogens with zero attached hydrogens (tertiary/aromatic N) is 5. The first-order chi connectivity index (χ1) is 17.5. The van der Waals surface area contributed by atoms with Gasteiger partial charge in [0.15, 0.2) is 0 Å². The smallest absolute Gasteiger partial charge is 0.130 e. The minimum atomic E-state index is 0.586. The molecule has 190 valence electrons. The predicted molar refractivity (Wildman–Crippen MR) is 157 cm³/mol. The van der Waals surface area contributed by atoms with E-state index < -0.39 is 0 Å². The Morgan fingerprint density at radius 3 is 2.39 bits per heavy atom. The van der Waals surface area contributed by atoms with Gasteiger partial charge < -0.3 is 15.1 Å². The molecule has 7 heteroatoms. The Morgan fingerprint density at radius 2 is 1.72 bits per heavy atom. The number of aryl methyl sites for hydroxylation is 1. The highest BCUT2D eigenvalue weighted by molar-refractivity contribution is 7.15. The predicted octanol–water partition coefficient (Wildman–Crippen LogP) is 6.95. The molecule has 1 aromatic carbocycles. The van der Waals surface area contributed by atoms with Crippen molar-refractivity contribution < 1.29 is 0 Å². The minimum Gasteiger partial charge on any atom is -0.353 e. The summed E-state index contributed by atoms with van der Waals surface area (Å²) < 4.78 is 0. The van der Waals surface area contributed by atoms with Gasteiger partial charge in [0.25, 0.3) is 0 Å². The molecule has 0 amide bonds. The van der Waals surface area contributed by atoms with E-state index in [1.54, 1.807) is 11.3 Å². The van der Waals surface area contributed by atoms with Crippen LogP contribution in [0.25, 0.3) is 26.9 Å². The average molecular weight is 503 g/mol. The van der Waals surface area contributed by atoms with Crippen LogP contribution in [0, 0.1) is 6.92 Å². The number of pyridine rings is 2. The molecule has 0 radical (unpaired) electrons. The maximum atomic E-state index is 4.58. The summed E-state index contributed by atoms with van der Waals surface area (Å²) in [5.74, 6) is 1.76. The molecule has 0 bridgehead atoms. The first-order valence-corrected chi connectivity index (χ1v) is 13.4. The zero-order valence-corrected chi connectivity index (χ0v) is 23.4. The van der Waals surface area contributed by atoms with E-state index in [4.69, 9.17) is 0 Å². The lowest BCUT2D eigenvalue weighted by Gasteiger charge is -2.43. The molecular weight excluding hydrogens is 464 g/mol. The topological polar surface area (TPSA) is 57.2 Å². The van der Waals surface area contributed by atoms with Crippen molar-refractivity contribution in [3.63, 3.8) is 0 Å². The van der Waals surface area contributed by atoms with E-state index in [0.717, 1.165) is 51.8 Å². The molecule has 1 aliphatic rings. The number of rotatable bonds is 6. The van der Waals surface area contributed by atoms with Gasteiger partial charge in [0.2, 0.25) is 0 Å². The van der Waals surface area contributed by atoms with Gasteiger partial charge in [0, 0.05) is 54.4 Å². The van der Waals surface area contributed by atoms with Gasteiger partial charge in [-0.05, 0) is 56.2 Å². The van der Waals surface area contributed by atoms with Crippen LogP contribution in [0.2, 0.25) is 0 Å². The van der Waals surface area contributed by atoms with Crippen LogP contribution in [0.1, 0.15) is 38.3 Å². The Hall–Kier alpha value is -3.29. The van der Waals surface area contributed by atoms with Crippen molar-refractivity contribution in [3.05, 3.63) is 72.1 Å². The molecule has 5 rings (SSSR count). The summed E-state index contributed by atoms with van der Waals surface area (Å²) >= 11 is 1.70. The number of benzene rings is 1. The summed E-state index contributed by atoms with van der Waals surface area (Å²) in [6.07, 6.45) is 5.67. The zero-order valence-electron chi connectivity index (χ0n) is 22.5. The molecular formula is C29H38N6S. The highest BCUT2D eigenvalue weighted by atomic mass is 32.1. The van der Waals surface area contributed by atoms with Gasteiger partial charge in [0.1, 0.15) is 11.6 Å². The number of aromatic nitrogens is 3. The fourth-order valence-electron chi connectivity index (χ4n) is 3.83. The summed E-state index contributed by atoms with van der Waals surface area (Å²) in [6.45, 7) is 16.3. The minimum absolute atomic E-state index is 0.586. The van der Waals surface area contributed by atoms with Crippen molar-refractivity contribution >= 4 is 39.4 Å². The molecule has 36 heavy (non-hydrogen) atoms. The molecule has 0 aliphatic carbocycles. The molecule has 0 unspecified atom stereocenters. The lowest BCUT2D eigenvalue weighted by molar-refractivity contribution is 0.246. The maximum absolute atomic E-state index is 4.58. The van der Waals surface area contributed by atoms with Crippen LogP contribution in [-0.2, 0) is 0 Å². The third kappa shape index (κ3) is 6.28. The first-order valence-electron chi connectivity index (χ1n) is 12.6. The lowest BCUT2D eigenvalue weighted by Crippen LogP contribution is -2.57. The van der Waals surface area contributed by atoms with Gasteiger partial charge in [-0.1, -0.05) is 46.4 Å². The summed E-state index contributed by atoms with van der Waals surface area (Å²) in [7, 11) is 4.24.